The first-order chi connectivity index (χ1) is 6.18. The highest BCUT2D eigenvalue weighted by molar-refractivity contribution is 5.33. The number of rotatable bonds is 2. The van der Waals surface area contributed by atoms with E-state index < -0.39 is 0 Å². The third kappa shape index (κ3) is 0.610. The summed E-state index contributed by atoms with van der Waals surface area (Å²) in [5.74, 6) is 3.05. The second kappa shape index (κ2) is 2.04. The van der Waals surface area contributed by atoms with Gasteiger partial charge in [0.15, 0.2) is 0 Å². The Bertz CT molecular complexity index is 267. The van der Waals surface area contributed by atoms with Crippen molar-refractivity contribution in [3.05, 3.63) is 12.7 Å². The summed E-state index contributed by atoms with van der Waals surface area (Å²) in [7, 11) is 0. The standard InChI is InChI=1S/C13H20/c1-4-5-12-6-7-13(12)8-9(2)10(3)11(12)13/h4,9-11H,1,5-8H2,2-3H3. The van der Waals surface area contributed by atoms with Gasteiger partial charge >= 0.3 is 0 Å². The lowest BCUT2D eigenvalue weighted by Crippen LogP contribution is -2.28. The van der Waals surface area contributed by atoms with Crippen LogP contribution in [-0.2, 0) is 0 Å². The highest BCUT2D eigenvalue weighted by Gasteiger charge is 2.84. The summed E-state index contributed by atoms with van der Waals surface area (Å²) < 4.78 is 0. The Labute approximate surface area is 81.4 Å². The number of hydrogen-bond donors (Lipinski definition) is 0. The van der Waals surface area contributed by atoms with E-state index >= 15 is 0 Å². The van der Waals surface area contributed by atoms with Gasteiger partial charge in [0, 0.05) is 0 Å². The Balaban J connectivity index is 1.89. The summed E-state index contributed by atoms with van der Waals surface area (Å²) in [6.45, 7) is 8.85. The summed E-state index contributed by atoms with van der Waals surface area (Å²) in [5, 5.41) is 0. The molecule has 0 aromatic heterocycles. The normalized spacial score (nSPS) is 62.2. The van der Waals surface area contributed by atoms with Crippen LogP contribution < -0.4 is 0 Å². The largest absolute Gasteiger partial charge is 0.103 e. The van der Waals surface area contributed by atoms with Crippen molar-refractivity contribution in [2.45, 2.75) is 39.5 Å². The van der Waals surface area contributed by atoms with Crippen LogP contribution >= 0.6 is 0 Å². The molecule has 0 aliphatic heterocycles. The van der Waals surface area contributed by atoms with E-state index in [1.807, 2.05) is 0 Å². The van der Waals surface area contributed by atoms with Gasteiger partial charge < -0.3 is 0 Å². The Morgan fingerprint density at radius 3 is 2.62 bits per heavy atom. The predicted molar refractivity (Wildman–Crippen MR) is 55.3 cm³/mol. The monoisotopic (exact) mass is 176 g/mol. The molecule has 0 aromatic rings. The Kier molecular flexibility index (Phi) is 1.27. The summed E-state index contributed by atoms with van der Waals surface area (Å²) in [5.41, 5.74) is 1.58. The van der Waals surface area contributed by atoms with Crippen LogP contribution in [0.25, 0.3) is 0 Å². The molecule has 0 aromatic carbocycles. The van der Waals surface area contributed by atoms with Crippen molar-refractivity contribution in [1.82, 2.24) is 0 Å². The fourth-order valence-electron chi connectivity index (χ4n) is 5.07. The van der Waals surface area contributed by atoms with Crippen LogP contribution in [0.3, 0.4) is 0 Å². The summed E-state index contributed by atoms with van der Waals surface area (Å²) in [4.78, 5) is 0. The van der Waals surface area contributed by atoms with E-state index in [1.165, 1.54) is 25.7 Å². The minimum atomic E-state index is 0.765. The molecule has 72 valence electrons. The molecular formula is C13H20. The van der Waals surface area contributed by atoms with Gasteiger partial charge in [0.25, 0.3) is 0 Å². The van der Waals surface area contributed by atoms with Gasteiger partial charge in [-0.1, -0.05) is 19.9 Å². The van der Waals surface area contributed by atoms with Gasteiger partial charge in [-0.25, -0.2) is 0 Å². The first-order valence-electron chi connectivity index (χ1n) is 5.79. The van der Waals surface area contributed by atoms with E-state index in [0.29, 0.717) is 0 Å². The third-order valence-corrected chi connectivity index (χ3v) is 5.73. The molecule has 0 heteroatoms. The molecular weight excluding hydrogens is 156 g/mol. The van der Waals surface area contributed by atoms with Crippen molar-refractivity contribution in [1.29, 1.82) is 0 Å². The first-order valence-corrected chi connectivity index (χ1v) is 5.79. The van der Waals surface area contributed by atoms with Gasteiger partial charge in [0.2, 0.25) is 0 Å². The van der Waals surface area contributed by atoms with Crippen LogP contribution in [-0.4, -0.2) is 0 Å². The lowest BCUT2D eigenvalue weighted by atomic mass is 9.67. The summed E-state index contributed by atoms with van der Waals surface area (Å²) in [6, 6.07) is 0. The lowest BCUT2D eigenvalue weighted by Gasteiger charge is -2.37. The van der Waals surface area contributed by atoms with Crippen LogP contribution in [0.15, 0.2) is 12.7 Å². The molecule has 3 saturated carbocycles. The molecule has 1 spiro atoms. The molecule has 3 rings (SSSR count). The van der Waals surface area contributed by atoms with Crippen LogP contribution in [0.2, 0.25) is 0 Å². The van der Waals surface area contributed by atoms with Crippen molar-refractivity contribution in [3.63, 3.8) is 0 Å². The molecule has 3 aliphatic carbocycles. The predicted octanol–water partition coefficient (Wildman–Crippen LogP) is 3.63. The Hall–Kier alpha value is -0.260. The van der Waals surface area contributed by atoms with Crippen molar-refractivity contribution in [3.8, 4) is 0 Å². The third-order valence-electron chi connectivity index (χ3n) is 5.73. The average molecular weight is 176 g/mol. The van der Waals surface area contributed by atoms with E-state index in [1.54, 1.807) is 0 Å². The Morgan fingerprint density at radius 2 is 2.15 bits per heavy atom. The van der Waals surface area contributed by atoms with Crippen LogP contribution in [0.1, 0.15) is 39.5 Å². The van der Waals surface area contributed by atoms with Gasteiger partial charge in [-0.3, -0.25) is 0 Å². The maximum atomic E-state index is 3.92. The van der Waals surface area contributed by atoms with E-state index in [0.717, 1.165) is 28.6 Å². The number of fused-ring (bicyclic) bond motifs is 1. The molecule has 0 amide bonds. The lowest BCUT2D eigenvalue weighted by molar-refractivity contribution is 0.132. The molecule has 3 aliphatic rings. The van der Waals surface area contributed by atoms with E-state index in [-0.39, 0.29) is 0 Å². The first kappa shape index (κ1) is 8.08. The fraction of sp³-hybridized carbons (Fsp3) is 0.846. The van der Waals surface area contributed by atoms with E-state index in [9.17, 15) is 0 Å². The zero-order valence-electron chi connectivity index (χ0n) is 8.84. The van der Waals surface area contributed by atoms with E-state index in [2.05, 4.69) is 26.5 Å². The minimum absolute atomic E-state index is 0.765. The van der Waals surface area contributed by atoms with Crippen LogP contribution in [0, 0.1) is 28.6 Å². The number of allylic oxidation sites excluding steroid dienone is 1. The maximum absolute atomic E-state index is 3.92. The smallest absolute Gasteiger partial charge is 0.0167 e. The second-order valence-electron chi connectivity index (χ2n) is 5.82. The van der Waals surface area contributed by atoms with Gasteiger partial charge in [-0.05, 0) is 54.3 Å². The average Bonchev–Trinajstić information content (AvgIpc) is 2.39. The molecule has 5 atom stereocenters. The molecule has 0 bridgehead atoms. The van der Waals surface area contributed by atoms with Crippen LogP contribution in [0.5, 0.6) is 0 Å². The van der Waals surface area contributed by atoms with Gasteiger partial charge in [0.05, 0.1) is 0 Å². The molecule has 3 fully saturated rings. The van der Waals surface area contributed by atoms with Crippen LogP contribution in [0.4, 0.5) is 0 Å². The van der Waals surface area contributed by atoms with Crippen molar-refractivity contribution in [2.75, 3.05) is 0 Å². The molecule has 0 N–H and O–H groups in total. The molecule has 0 heterocycles. The molecule has 0 nitrogen and oxygen atoms in total. The topological polar surface area (TPSA) is 0 Å². The number of hydrogen-bond acceptors (Lipinski definition) is 0. The molecule has 13 heavy (non-hydrogen) atoms. The van der Waals surface area contributed by atoms with Gasteiger partial charge in [-0.15, -0.1) is 6.58 Å². The van der Waals surface area contributed by atoms with Crippen molar-refractivity contribution in [2.24, 2.45) is 28.6 Å². The van der Waals surface area contributed by atoms with Crippen molar-refractivity contribution >= 4 is 0 Å². The highest BCUT2D eigenvalue weighted by atomic mass is 14.9. The van der Waals surface area contributed by atoms with E-state index in [4.69, 9.17) is 0 Å². The Morgan fingerprint density at radius 1 is 1.38 bits per heavy atom. The summed E-state index contributed by atoms with van der Waals surface area (Å²) >= 11 is 0. The quantitative estimate of drug-likeness (QED) is 0.563. The molecule has 5 unspecified atom stereocenters. The van der Waals surface area contributed by atoms with Crippen molar-refractivity contribution < 1.29 is 0 Å². The zero-order valence-corrected chi connectivity index (χ0v) is 8.84. The van der Waals surface area contributed by atoms with Gasteiger partial charge in [-0.2, -0.15) is 0 Å². The molecule has 0 radical (unpaired) electrons. The second-order valence-corrected chi connectivity index (χ2v) is 5.82. The summed E-state index contributed by atoms with van der Waals surface area (Å²) in [6.07, 6.45) is 8.01. The highest BCUT2D eigenvalue weighted by Crippen LogP contribution is 2.90. The zero-order chi connectivity index (χ0) is 9.27. The SMILES string of the molecule is C=CCC12CCC13CC(C)C(C)C23. The minimum Gasteiger partial charge on any atom is -0.103 e. The fourth-order valence-corrected chi connectivity index (χ4v) is 5.07. The van der Waals surface area contributed by atoms with Gasteiger partial charge in [0.1, 0.15) is 0 Å². The molecule has 0 saturated heterocycles. The maximum Gasteiger partial charge on any atom is -0.0167 e.